The molecule has 194 valence electrons. The van der Waals surface area contributed by atoms with Crippen molar-refractivity contribution < 1.29 is 27.9 Å². The summed E-state index contributed by atoms with van der Waals surface area (Å²) >= 11 is 0. The Morgan fingerprint density at radius 1 is 1.03 bits per heavy atom. The molecule has 2 aromatic rings. The first-order valence-electron chi connectivity index (χ1n) is 12.2. The molecule has 2 N–H and O–H groups in total. The van der Waals surface area contributed by atoms with Crippen molar-refractivity contribution >= 4 is 33.3 Å². The van der Waals surface area contributed by atoms with Crippen LogP contribution in [-0.4, -0.2) is 68.1 Å². The molecule has 0 bridgehead atoms. The molecule has 0 unspecified atom stereocenters. The number of carbonyl (C=O) groups is 2. The Bertz CT molecular complexity index is 1210. The predicted octanol–water partition coefficient (Wildman–Crippen LogP) is 2.60. The standard InChI is InChI=1S/C26H33N3O6S/c1-18-6-11-23(14-19(18)2)36(33,34)29-16-22(30)15-24(29)26(32)35-17-25(31)27-20-7-9-21(10-8-20)28-12-4-3-5-13-28/h6-11,14,22,24,30H,3-5,12-13,15-17H2,1-2H3,(H,27,31)/t22-,24-/m0/s1. The Balaban J connectivity index is 1.35. The normalized spacial score (nSPS) is 20.8. The molecule has 0 spiro atoms. The summed E-state index contributed by atoms with van der Waals surface area (Å²) in [6.45, 7) is 4.95. The van der Waals surface area contributed by atoms with Crippen molar-refractivity contribution in [3.05, 3.63) is 53.6 Å². The van der Waals surface area contributed by atoms with Crippen LogP contribution in [0.3, 0.4) is 0 Å². The number of amides is 1. The summed E-state index contributed by atoms with van der Waals surface area (Å²) in [7, 11) is -4.04. The van der Waals surface area contributed by atoms with Gasteiger partial charge in [0.25, 0.3) is 5.91 Å². The van der Waals surface area contributed by atoms with E-state index in [1.165, 1.54) is 25.3 Å². The van der Waals surface area contributed by atoms with Crippen molar-refractivity contribution in [2.24, 2.45) is 0 Å². The third-order valence-electron chi connectivity index (χ3n) is 6.81. The van der Waals surface area contributed by atoms with Gasteiger partial charge in [-0.3, -0.25) is 9.59 Å². The van der Waals surface area contributed by atoms with E-state index in [9.17, 15) is 23.1 Å². The zero-order valence-corrected chi connectivity index (χ0v) is 21.5. The van der Waals surface area contributed by atoms with Gasteiger partial charge in [0, 0.05) is 37.4 Å². The van der Waals surface area contributed by atoms with Gasteiger partial charge in [0.15, 0.2) is 6.61 Å². The third kappa shape index (κ3) is 5.88. The molecule has 0 saturated carbocycles. The van der Waals surface area contributed by atoms with Gasteiger partial charge in [-0.15, -0.1) is 0 Å². The van der Waals surface area contributed by atoms with Crippen LogP contribution in [-0.2, 0) is 24.3 Å². The van der Waals surface area contributed by atoms with Crippen LogP contribution in [0, 0.1) is 13.8 Å². The molecule has 1 amide bonds. The van der Waals surface area contributed by atoms with E-state index in [-0.39, 0.29) is 17.9 Å². The Hall–Kier alpha value is -2.95. The van der Waals surface area contributed by atoms with E-state index in [0.29, 0.717) is 5.69 Å². The summed E-state index contributed by atoms with van der Waals surface area (Å²) in [4.78, 5) is 27.5. The molecule has 2 aliphatic heterocycles. The fourth-order valence-corrected chi connectivity index (χ4v) is 6.32. The van der Waals surface area contributed by atoms with E-state index < -0.39 is 40.7 Å². The second kappa shape index (κ2) is 11.0. The molecular weight excluding hydrogens is 482 g/mol. The van der Waals surface area contributed by atoms with Crippen molar-refractivity contribution in [2.45, 2.75) is 56.6 Å². The number of carbonyl (C=O) groups excluding carboxylic acids is 2. The highest BCUT2D eigenvalue weighted by Crippen LogP contribution is 2.28. The topological polar surface area (TPSA) is 116 Å². The molecule has 4 rings (SSSR count). The molecule has 2 saturated heterocycles. The molecule has 36 heavy (non-hydrogen) atoms. The molecule has 2 aromatic carbocycles. The second-order valence-electron chi connectivity index (χ2n) is 9.48. The van der Waals surface area contributed by atoms with Gasteiger partial charge in [0.2, 0.25) is 10.0 Å². The number of aliphatic hydroxyl groups excluding tert-OH is 1. The van der Waals surface area contributed by atoms with Crippen LogP contribution < -0.4 is 10.2 Å². The van der Waals surface area contributed by atoms with Crippen molar-refractivity contribution in [1.29, 1.82) is 0 Å². The van der Waals surface area contributed by atoms with Gasteiger partial charge in [-0.05, 0) is 80.6 Å². The summed E-state index contributed by atoms with van der Waals surface area (Å²) in [6, 6.07) is 11.0. The quantitative estimate of drug-likeness (QED) is 0.545. The number of β-amino-alcohol motifs (C(OH)–C–C–N with tert-alkyl or cyclic N) is 1. The molecule has 2 fully saturated rings. The average molecular weight is 516 g/mol. The number of aliphatic hydroxyl groups is 1. The van der Waals surface area contributed by atoms with E-state index in [1.807, 2.05) is 19.1 Å². The zero-order chi connectivity index (χ0) is 25.9. The van der Waals surface area contributed by atoms with Crippen molar-refractivity contribution in [2.75, 3.05) is 36.5 Å². The summed E-state index contributed by atoms with van der Waals surface area (Å²) in [6.07, 6.45) is 2.49. The largest absolute Gasteiger partial charge is 0.454 e. The maximum absolute atomic E-state index is 13.2. The zero-order valence-electron chi connectivity index (χ0n) is 20.6. The maximum Gasteiger partial charge on any atom is 0.325 e. The molecule has 10 heteroatoms. The summed E-state index contributed by atoms with van der Waals surface area (Å²) in [5.41, 5.74) is 3.42. The number of ether oxygens (including phenoxy) is 1. The highest BCUT2D eigenvalue weighted by Gasteiger charge is 2.44. The molecule has 2 atom stereocenters. The van der Waals surface area contributed by atoms with Gasteiger partial charge in [0.1, 0.15) is 6.04 Å². The smallest absolute Gasteiger partial charge is 0.325 e. The minimum absolute atomic E-state index is 0.0447. The average Bonchev–Trinajstić information content (AvgIpc) is 3.28. The second-order valence-corrected chi connectivity index (χ2v) is 11.4. The first kappa shape index (κ1) is 26.1. The number of piperidine rings is 1. The number of anilines is 2. The van der Waals surface area contributed by atoms with Crippen LogP contribution >= 0.6 is 0 Å². The fourth-order valence-electron chi connectivity index (χ4n) is 4.61. The highest BCUT2D eigenvalue weighted by molar-refractivity contribution is 7.89. The maximum atomic E-state index is 13.2. The highest BCUT2D eigenvalue weighted by atomic mass is 32.2. The van der Waals surface area contributed by atoms with Crippen molar-refractivity contribution in [3.63, 3.8) is 0 Å². The molecule has 2 aliphatic rings. The van der Waals surface area contributed by atoms with Crippen LogP contribution in [0.2, 0.25) is 0 Å². The van der Waals surface area contributed by atoms with E-state index in [4.69, 9.17) is 4.74 Å². The number of esters is 1. The van der Waals surface area contributed by atoms with E-state index in [1.54, 1.807) is 31.2 Å². The molecule has 0 aliphatic carbocycles. The number of hydrogen-bond acceptors (Lipinski definition) is 7. The van der Waals surface area contributed by atoms with Crippen molar-refractivity contribution in [3.8, 4) is 0 Å². The number of benzene rings is 2. The number of hydrogen-bond donors (Lipinski definition) is 2. The van der Waals surface area contributed by atoms with Crippen LogP contribution in [0.4, 0.5) is 11.4 Å². The Morgan fingerprint density at radius 3 is 2.39 bits per heavy atom. The molecule has 2 heterocycles. The number of rotatable bonds is 7. The summed E-state index contributed by atoms with van der Waals surface area (Å²) in [5.74, 6) is -1.40. The van der Waals surface area contributed by atoms with Gasteiger partial charge >= 0.3 is 5.97 Å². The molecule has 0 radical (unpaired) electrons. The van der Waals surface area contributed by atoms with Crippen LogP contribution in [0.25, 0.3) is 0 Å². The number of aryl methyl sites for hydroxylation is 2. The number of sulfonamides is 1. The Kier molecular flexibility index (Phi) is 7.97. The monoisotopic (exact) mass is 515 g/mol. The van der Waals surface area contributed by atoms with Crippen LogP contribution in [0.15, 0.2) is 47.4 Å². The lowest BCUT2D eigenvalue weighted by Gasteiger charge is -2.28. The van der Waals surface area contributed by atoms with Crippen LogP contribution in [0.1, 0.15) is 36.8 Å². The van der Waals surface area contributed by atoms with Gasteiger partial charge in [-0.25, -0.2) is 8.42 Å². The lowest BCUT2D eigenvalue weighted by molar-refractivity contribution is -0.150. The first-order chi connectivity index (χ1) is 17.1. The van der Waals surface area contributed by atoms with Gasteiger partial charge in [0.05, 0.1) is 11.0 Å². The summed E-state index contributed by atoms with van der Waals surface area (Å²) in [5, 5.41) is 12.8. The van der Waals surface area contributed by atoms with E-state index in [0.717, 1.165) is 34.2 Å². The van der Waals surface area contributed by atoms with Crippen molar-refractivity contribution in [1.82, 2.24) is 4.31 Å². The summed E-state index contributed by atoms with van der Waals surface area (Å²) < 4.78 is 32.5. The Labute approximate surface area is 212 Å². The van der Waals surface area contributed by atoms with E-state index in [2.05, 4.69) is 10.2 Å². The molecular formula is C26H33N3O6S. The number of nitrogens with one attached hydrogen (secondary N) is 1. The molecule has 9 nitrogen and oxygen atoms in total. The van der Waals surface area contributed by atoms with Gasteiger partial charge in [-0.2, -0.15) is 4.31 Å². The SMILES string of the molecule is Cc1ccc(S(=O)(=O)N2C[C@@H](O)C[C@H]2C(=O)OCC(=O)Nc2ccc(N3CCCCC3)cc2)cc1C. The minimum atomic E-state index is -4.04. The lowest BCUT2D eigenvalue weighted by Crippen LogP contribution is -2.42. The number of nitrogens with zero attached hydrogens (tertiary/aromatic N) is 2. The molecule has 0 aromatic heterocycles. The van der Waals surface area contributed by atoms with Gasteiger partial charge < -0.3 is 20.1 Å². The lowest BCUT2D eigenvalue weighted by atomic mass is 10.1. The van der Waals surface area contributed by atoms with Gasteiger partial charge in [-0.1, -0.05) is 6.07 Å². The van der Waals surface area contributed by atoms with E-state index >= 15 is 0 Å². The minimum Gasteiger partial charge on any atom is -0.454 e. The first-order valence-corrected chi connectivity index (χ1v) is 13.7. The predicted molar refractivity (Wildman–Crippen MR) is 136 cm³/mol. The third-order valence-corrected chi connectivity index (χ3v) is 8.68. The fraction of sp³-hybridized carbons (Fsp3) is 0.462. The van der Waals surface area contributed by atoms with Crippen LogP contribution in [0.5, 0.6) is 0 Å². The Morgan fingerprint density at radius 2 is 1.72 bits per heavy atom.